The van der Waals surface area contributed by atoms with Crippen molar-refractivity contribution in [2.24, 2.45) is 5.73 Å². The van der Waals surface area contributed by atoms with Gasteiger partial charge in [-0.3, -0.25) is 0 Å². The number of cyclic esters (lactones) is 1. The molecule has 2 aliphatic heterocycles. The van der Waals surface area contributed by atoms with Crippen molar-refractivity contribution < 1.29 is 19.4 Å². The van der Waals surface area contributed by atoms with Crippen molar-refractivity contribution in [3.8, 4) is 0 Å². The summed E-state index contributed by atoms with van der Waals surface area (Å²) in [7, 11) is 0. The van der Waals surface area contributed by atoms with E-state index in [4.69, 9.17) is 15.6 Å². The largest absolute Gasteiger partial charge is 0.465 e. The Bertz CT molecular complexity index is 585. The summed E-state index contributed by atoms with van der Waals surface area (Å²) in [4.78, 5) is 24.2. The molecule has 20 heavy (non-hydrogen) atoms. The highest BCUT2D eigenvalue weighted by Crippen LogP contribution is 2.36. The van der Waals surface area contributed by atoms with Crippen molar-refractivity contribution in [3.63, 3.8) is 0 Å². The molecular weight excluding hydrogens is 260 g/mol. The third-order valence-corrected chi connectivity index (χ3v) is 3.90. The molecule has 1 amide bonds. The van der Waals surface area contributed by atoms with E-state index in [9.17, 15) is 9.59 Å². The molecule has 2 heterocycles. The average Bonchev–Trinajstić information content (AvgIpc) is 2.72. The number of hydrogen-bond acceptors (Lipinski definition) is 4. The van der Waals surface area contributed by atoms with Crippen molar-refractivity contribution in [3.05, 3.63) is 34.4 Å². The molecule has 3 N–H and O–H groups in total. The van der Waals surface area contributed by atoms with Crippen LogP contribution in [0, 0.1) is 0 Å². The summed E-state index contributed by atoms with van der Waals surface area (Å²) in [5.41, 5.74) is 8.97. The molecule has 0 bridgehead atoms. The SMILES string of the molecule is NCCC1OC(=O)c2cc3c(cc21)CCN(C(=O)O)C3. The van der Waals surface area contributed by atoms with Crippen LogP contribution in [0.25, 0.3) is 0 Å². The number of carbonyl (C=O) groups excluding carboxylic acids is 1. The number of rotatable bonds is 2. The van der Waals surface area contributed by atoms with Crippen LogP contribution in [0.3, 0.4) is 0 Å². The molecule has 1 aromatic rings. The second-order valence-corrected chi connectivity index (χ2v) is 5.13. The van der Waals surface area contributed by atoms with E-state index in [2.05, 4.69) is 0 Å². The highest BCUT2D eigenvalue weighted by Gasteiger charge is 2.33. The first-order valence-electron chi connectivity index (χ1n) is 6.64. The monoisotopic (exact) mass is 276 g/mol. The number of carbonyl (C=O) groups is 2. The van der Waals surface area contributed by atoms with Crippen LogP contribution in [0.1, 0.15) is 39.6 Å². The number of nitrogens with two attached hydrogens (primary N) is 1. The van der Waals surface area contributed by atoms with Crippen LogP contribution in [0.15, 0.2) is 12.1 Å². The number of hydrogen-bond donors (Lipinski definition) is 2. The lowest BCUT2D eigenvalue weighted by Crippen LogP contribution is -2.34. The van der Waals surface area contributed by atoms with Crippen LogP contribution < -0.4 is 5.73 Å². The minimum atomic E-state index is -0.931. The van der Waals surface area contributed by atoms with Crippen molar-refractivity contribution in [1.29, 1.82) is 0 Å². The van der Waals surface area contributed by atoms with E-state index >= 15 is 0 Å². The fourth-order valence-electron chi connectivity index (χ4n) is 2.86. The topological polar surface area (TPSA) is 92.9 Å². The number of amides is 1. The maximum Gasteiger partial charge on any atom is 0.407 e. The smallest absolute Gasteiger partial charge is 0.407 e. The summed E-state index contributed by atoms with van der Waals surface area (Å²) in [5, 5.41) is 9.04. The number of carboxylic acid groups (broad SMARTS) is 1. The highest BCUT2D eigenvalue weighted by molar-refractivity contribution is 5.94. The first-order chi connectivity index (χ1) is 9.60. The molecule has 0 saturated heterocycles. The lowest BCUT2D eigenvalue weighted by atomic mass is 9.92. The van der Waals surface area contributed by atoms with E-state index in [1.54, 1.807) is 6.07 Å². The summed E-state index contributed by atoms with van der Waals surface area (Å²) >= 11 is 0. The number of ether oxygens (including phenoxy) is 1. The molecule has 1 atom stereocenters. The van der Waals surface area contributed by atoms with Gasteiger partial charge >= 0.3 is 12.1 Å². The maximum atomic E-state index is 11.9. The second-order valence-electron chi connectivity index (χ2n) is 5.13. The molecule has 0 aliphatic carbocycles. The Morgan fingerprint density at radius 3 is 2.95 bits per heavy atom. The first-order valence-corrected chi connectivity index (χ1v) is 6.64. The first kappa shape index (κ1) is 12.9. The molecule has 3 rings (SSSR count). The quantitative estimate of drug-likeness (QED) is 0.794. The van der Waals surface area contributed by atoms with Crippen LogP contribution >= 0.6 is 0 Å². The zero-order valence-corrected chi connectivity index (χ0v) is 11.0. The normalized spacial score (nSPS) is 20.4. The minimum Gasteiger partial charge on any atom is -0.465 e. The Labute approximate surface area is 116 Å². The summed E-state index contributed by atoms with van der Waals surface area (Å²) in [6.45, 7) is 1.27. The summed E-state index contributed by atoms with van der Waals surface area (Å²) in [6.07, 6.45) is 0.0852. The molecule has 106 valence electrons. The highest BCUT2D eigenvalue weighted by atomic mass is 16.5. The van der Waals surface area contributed by atoms with E-state index < -0.39 is 6.09 Å². The van der Waals surface area contributed by atoms with Crippen molar-refractivity contribution in [2.45, 2.75) is 25.5 Å². The van der Waals surface area contributed by atoms with Gasteiger partial charge < -0.3 is 20.5 Å². The van der Waals surface area contributed by atoms with Gasteiger partial charge in [0, 0.05) is 25.1 Å². The Kier molecular flexibility index (Phi) is 3.10. The Hall–Kier alpha value is -2.08. The van der Waals surface area contributed by atoms with Gasteiger partial charge in [-0.25, -0.2) is 9.59 Å². The lowest BCUT2D eigenvalue weighted by molar-refractivity contribution is 0.0374. The molecule has 6 heteroatoms. The predicted molar refractivity (Wildman–Crippen MR) is 70.4 cm³/mol. The molecule has 0 fully saturated rings. The van der Waals surface area contributed by atoms with Gasteiger partial charge in [0.1, 0.15) is 6.10 Å². The van der Waals surface area contributed by atoms with E-state index in [0.29, 0.717) is 38.0 Å². The van der Waals surface area contributed by atoms with Crippen LogP contribution in [-0.2, 0) is 17.7 Å². The van der Waals surface area contributed by atoms with E-state index in [1.165, 1.54) is 4.90 Å². The van der Waals surface area contributed by atoms with Crippen LogP contribution in [0.2, 0.25) is 0 Å². The molecule has 0 aromatic heterocycles. The lowest BCUT2D eigenvalue weighted by Gasteiger charge is -2.27. The van der Waals surface area contributed by atoms with Gasteiger partial charge in [-0.1, -0.05) is 6.07 Å². The molecular formula is C14H16N2O4. The van der Waals surface area contributed by atoms with Crippen LogP contribution in [0.5, 0.6) is 0 Å². The van der Waals surface area contributed by atoms with Gasteiger partial charge in [0.05, 0.1) is 5.56 Å². The van der Waals surface area contributed by atoms with Crippen LogP contribution in [-0.4, -0.2) is 35.2 Å². The minimum absolute atomic E-state index is 0.259. The summed E-state index contributed by atoms with van der Waals surface area (Å²) < 4.78 is 5.32. The van der Waals surface area contributed by atoms with E-state index in [0.717, 1.165) is 16.7 Å². The summed E-state index contributed by atoms with van der Waals surface area (Å²) in [6, 6.07) is 3.76. The standard InChI is InChI=1S/C14H16N2O4/c15-3-1-12-10-5-8-2-4-16(14(18)19)7-9(8)6-11(10)13(17)20-12/h5-6,12H,1-4,7,15H2,(H,18,19). The Morgan fingerprint density at radius 1 is 1.45 bits per heavy atom. The maximum absolute atomic E-state index is 11.9. The number of esters is 1. The second kappa shape index (κ2) is 4.79. The zero-order chi connectivity index (χ0) is 14.3. The van der Waals surface area contributed by atoms with Gasteiger partial charge in [-0.05, 0) is 30.2 Å². The predicted octanol–water partition coefficient (Wildman–Crippen LogP) is 1.28. The molecule has 1 unspecified atom stereocenters. The van der Waals surface area contributed by atoms with E-state index in [1.807, 2.05) is 6.07 Å². The fourth-order valence-corrected chi connectivity index (χ4v) is 2.86. The number of nitrogens with zero attached hydrogens (tertiary/aromatic N) is 1. The van der Waals surface area contributed by atoms with Gasteiger partial charge in [-0.15, -0.1) is 0 Å². The van der Waals surface area contributed by atoms with Crippen LogP contribution in [0.4, 0.5) is 4.79 Å². The van der Waals surface area contributed by atoms with Gasteiger partial charge in [-0.2, -0.15) is 0 Å². The molecule has 0 spiro atoms. The third-order valence-electron chi connectivity index (χ3n) is 3.90. The van der Waals surface area contributed by atoms with E-state index in [-0.39, 0.29) is 12.1 Å². The van der Waals surface area contributed by atoms with Gasteiger partial charge in [0.15, 0.2) is 0 Å². The van der Waals surface area contributed by atoms with Crippen molar-refractivity contribution in [2.75, 3.05) is 13.1 Å². The molecule has 6 nitrogen and oxygen atoms in total. The molecule has 0 radical (unpaired) electrons. The van der Waals surface area contributed by atoms with Crippen molar-refractivity contribution in [1.82, 2.24) is 4.90 Å². The van der Waals surface area contributed by atoms with Gasteiger partial charge in [0.25, 0.3) is 0 Å². The molecule has 2 aliphatic rings. The number of benzene rings is 1. The third kappa shape index (κ3) is 2.02. The van der Waals surface area contributed by atoms with Crippen molar-refractivity contribution >= 4 is 12.1 Å². The zero-order valence-electron chi connectivity index (χ0n) is 11.0. The van der Waals surface area contributed by atoms with Gasteiger partial charge in [0.2, 0.25) is 0 Å². The molecule has 0 saturated carbocycles. The Balaban J connectivity index is 1.97. The Morgan fingerprint density at radius 2 is 2.25 bits per heavy atom. The fraction of sp³-hybridized carbons (Fsp3) is 0.429. The summed E-state index contributed by atoms with van der Waals surface area (Å²) in [5.74, 6) is -0.339. The molecule has 1 aromatic carbocycles. The number of fused-ring (bicyclic) bond motifs is 2. The average molecular weight is 276 g/mol.